The number of hydrogen-bond acceptors (Lipinski definition) is 4. The minimum Gasteiger partial charge on any atom is -0.435 e. The average molecular weight is 282 g/mol. The van der Waals surface area contributed by atoms with E-state index in [0.717, 1.165) is 6.26 Å². The summed E-state index contributed by atoms with van der Waals surface area (Å²) in [4.78, 5) is 28.5. The van der Waals surface area contributed by atoms with E-state index in [1.54, 1.807) is 0 Å². The summed E-state index contributed by atoms with van der Waals surface area (Å²) >= 11 is 0. The number of rotatable bonds is 8. The molecule has 0 amide bonds. The van der Waals surface area contributed by atoms with Crippen LogP contribution >= 0.6 is 7.82 Å². The summed E-state index contributed by atoms with van der Waals surface area (Å²) < 4.78 is 20.1. The molecule has 0 saturated carbocycles. The number of quaternary nitrogens is 1. The highest BCUT2D eigenvalue weighted by molar-refractivity contribution is 7.46. The van der Waals surface area contributed by atoms with Gasteiger partial charge in [0.2, 0.25) is 0 Å². The Bertz CT molecular complexity index is 332. The van der Waals surface area contributed by atoms with E-state index in [2.05, 4.69) is 15.8 Å². The van der Waals surface area contributed by atoms with Crippen LogP contribution in [0.15, 0.2) is 12.8 Å². The first kappa shape index (κ1) is 17.3. The van der Waals surface area contributed by atoms with E-state index in [0.29, 0.717) is 10.9 Å². The number of phosphoric acid groups is 1. The first-order valence-electron chi connectivity index (χ1n) is 5.38. The van der Waals surface area contributed by atoms with Crippen molar-refractivity contribution in [3.8, 4) is 0 Å². The molecule has 0 radical (unpaired) electrons. The molecule has 18 heavy (non-hydrogen) atoms. The highest BCUT2D eigenvalue weighted by Gasteiger charge is 2.28. The number of phosphoric ester groups is 1. The molecule has 7 nitrogen and oxygen atoms in total. The van der Waals surface area contributed by atoms with E-state index in [1.165, 1.54) is 0 Å². The third kappa shape index (κ3) is 8.38. The molecular formula is C10H21NO6P+. The Morgan fingerprint density at radius 3 is 2.39 bits per heavy atom. The Balaban J connectivity index is 4.38. The van der Waals surface area contributed by atoms with Crippen LogP contribution in [0.2, 0.25) is 0 Å². The molecule has 0 aliphatic heterocycles. The van der Waals surface area contributed by atoms with Gasteiger partial charge in [-0.05, 0) is 0 Å². The molecule has 1 unspecified atom stereocenters. The van der Waals surface area contributed by atoms with Crippen molar-refractivity contribution in [1.82, 2.24) is 0 Å². The molecule has 106 valence electrons. The Morgan fingerprint density at radius 2 is 2.00 bits per heavy atom. The molecular weight excluding hydrogens is 261 g/mol. The molecule has 0 fully saturated rings. The highest BCUT2D eigenvalue weighted by atomic mass is 31.2. The summed E-state index contributed by atoms with van der Waals surface area (Å²) in [5.41, 5.74) is 0. The van der Waals surface area contributed by atoms with E-state index in [-0.39, 0.29) is 19.1 Å². The SMILES string of the molecule is C=COC(=O)CCC(COP(=O)(O)O)[N+](C)(C)C. The van der Waals surface area contributed by atoms with Gasteiger partial charge in [0.15, 0.2) is 0 Å². The average Bonchev–Trinajstić information content (AvgIpc) is 2.14. The van der Waals surface area contributed by atoms with Gasteiger partial charge in [0.25, 0.3) is 0 Å². The maximum atomic E-state index is 11.2. The molecule has 1 atom stereocenters. The lowest BCUT2D eigenvalue weighted by Crippen LogP contribution is -2.47. The van der Waals surface area contributed by atoms with Gasteiger partial charge in [-0.25, -0.2) is 4.57 Å². The summed E-state index contributed by atoms with van der Waals surface area (Å²) in [6.07, 6.45) is 1.59. The standard InChI is InChI=1S/C10H20NO6P/c1-5-16-10(12)7-6-9(11(2,3)4)8-17-18(13,14)15/h5,9H,1,6-8H2,2-4H3,(H-,13,14,15)/p+1. The Hall–Kier alpha value is -0.720. The fourth-order valence-corrected chi connectivity index (χ4v) is 1.68. The molecule has 0 saturated heterocycles. The quantitative estimate of drug-likeness (QED) is 0.294. The largest absolute Gasteiger partial charge is 0.469 e. The van der Waals surface area contributed by atoms with Crippen molar-refractivity contribution in [2.24, 2.45) is 0 Å². The van der Waals surface area contributed by atoms with Crippen molar-refractivity contribution in [1.29, 1.82) is 0 Å². The topological polar surface area (TPSA) is 93.1 Å². The van der Waals surface area contributed by atoms with E-state index in [1.807, 2.05) is 21.1 Å². The molecule has 8 heteroatoms. The number of carbonyl (C=O) groups is 1. The third-order valence-electron chi connectivity index (χ3n) is 2.43. The van der Waals surface area contributed by atoms with Gasteiger partial charge in [0.1, 0.15) is 12.6 Å². The minimum atomic E-state index is -4.49. The summed E-state index contributed by atoms with van der Waals surface area (Å²) in [6, 6.07) is -0.227. The van der Waals surface area contributed by atoms with Gasteiger partial charge < -0.3 is 19.0 Å². The van der Waals surface area contributed by atoms with Crippen LogP contribution in [0.4, 0.5) is 0 Å². The number of nitrogens with zero attached hydrogens (tertiary/aromatic N) is 1. The second-order valence-corrected chi connectivity index (χ2v) is 5.99. The van der Waals surface area contributed by atoms with Crippen LogP contribution in [0.1, 0.15) is 12.8 Å². The lowest BCUT2D eigenvalue weighted by molar-refractivity contribution is -0.896. The molecule has 2 N–H and O–H groups in total. The minimum absolute atomic E-state index is 0.130. The smallest absolute Gasteiger partial charge is 0.435 e. The highest BCUT2D eigenvalue weighted by Crippen LogP contribution is 2.36. The van der Waals surface area contributed by atoms with Gasteiger partial charge in [0.05, 0.1) is 33.8 Å². The summed E-state index contributed by atoms with van der Waals surface area (Å²) in [5, 5.41) is 0. The van der Waals surface area contributed by atoms with Gasteiger partial charge >= 0.3 is 13.8 Å². The van der Waals surface area contributed by atoms with E-state index in [4.69, 9.17) is 9.79 Å². The molecule has 0 aliphatic rings. The van der Waals surface area contributed by atoms with Crippen molar-refractivity contribution >= 4 is 13.8 Å². The zero-order chi connectivity index (χ0) is 14.4. The second-order valence-electron chi connectivity index (χ2n) is 4.75. The van der Waals surface area contributed by atoms with Crippen molar-refractivity contribution in [2.45, 2.75) is 18.9 Å². The summed E-state index contributed by atoms with van der Waals surface area (Å²) in [6.45, 7) is 3.14. The second kappa shape index (κ2) is 7.01. The van der Waals surface area contributed by atoms with Gasteiger partial charge in [-0.3, -0.25) is 9.32 Å². The van der Waals surface area contributed by atoms with Gasteiger partial charge in [-0.15, -0.1) is 0 Å². The first-order chi connectivity index (χ1) is 8.06. The zero-order valence-electron chi connectivity index (χ0n) is 10.9. The monoisotopic (exact) mass is 282 g/mol. The van der Waals surface area contributed by atoms with Gasteiger partial charge in [-0.1, -0.05) is 6.58 Å². The normalized spacial score (nSPS) is 14.1. The lowest BCUT2D eigenvalue weighted by atomic mass is 10.1. The molecule has 0 aromatic heterocycles. The third-order valence-corrected chi connectivity index (χ3v) is 2.91. The van der Waals surface area contributed by atoms with Crippen LogP contribution in [0, 0.1) is 0 Å². The van der Waals surface area contributed by atoms with Gasteiger partial charge in [-0.2, -0.15) is 0 Å². The number of likely N-dealkylation sites (N-methyl/N-ethyl adjacent to an activating group) is 1. The van der Waals surface area contributed by atoms with E-state index < -0.39 is 13.8 Å². The lowest BCUT2D eigenvalue weighted by Gasteiger charge is -2.33. The number of carbonyl (C=O) groups excluding carboxylic acids is 1. The predicted octanol–water partition coefficient (Wildman–Crippen LogP) is 0.637. The Labute approximate surface area is 107 Å². The van der Waals surface area contributed by atoms with Crippen LogP contribution < -0.4 is 0 Å². The summed E-state index contributed by atoms with van der Waals surface area (Å²) in [7, 11) is 1.07. The predicted molar refractivity (Wildman–Crippen MR) is 65.3 cm³/mol. The van der Waals surface area contributed by atoms with E-state index >= 15 is 0 Å². The molecule has 0 spiro atoms. The molecule has 0 aliphatic carbocycles. The molecule has 0 aromatic rings. The van der Waals surface area contributed by atoms with Gasteiger partial charge in [0, 0.05) is 6.42 Å². The maximum Gasteiger partial charge on any atom is 0.469 e. The van der Waals surface area contributed by atoms with Crippen molar-refractivity contribution in [3.63, 3.8) is 0 Å². The number of esters is 1. The van der Waals surface area contributed by atoms with Crippen LogP contribution in [0.3, 0.4) is 0 Å². The van der Waals surface area contributed by atoms with Crippen LogP contribution in [0.25, 0.3) is 0 Å². The first-order valence-corrected chi connectivity index (χ1v) is 6.91. The van der Waals surface area contributed by atoms with Crippen molar-refractivity contribution in [2.75, 3.05) is 27.7 Å². The Kier molecular flexibility index (Phi) is 6.73. The molecule has 0 aromatic carbocycles. The summed E-state index contributed by atoms with van der Waals surface area (Å²) in [5.74, 6) is -0.431. The number of hydrogen-bond donors (Lipinski definition) is 2. The zero-order valence-corrected chi connectivity index (χ0v) is 11.8. The van der Waals surface area contributed by atoms with Crippen LogP contribution in [0.5, 0.6) is 0 Å². The van der Waals surface area contributed by atoms with Crippen LogP contribution in [-0.2, 0) is 18.6 Å². The number of ether oxygens (including phenoxy) is 1. The molecule has 0 heterocycles. The van der Waals surface area contributed by atoms with E-state index in [9.17, 15) is 9.36 Å². The van der Waals surface area contributed by atoms with Crippen molar-refractivity contribution < 1.29 is 32.9 Å². The molecule has 0 bridgehead atoms. The maximum absolute atomic E-state index is 11.2. The fraction of sp³-hybridized carbons (Fsp3) is 0.700. The van der Waals surface area contributed by atoms with Crippen molar-refractivity contribution in [3.05, 3.63) is 12.8 Å². The van der Waals surface area contributed by atoms with Crippen LogP contribution in [-0.4, -0.2) is 54.0 Å². The fourth-order valence-electron chi connectivity index (χ4n) is 1.31. The Morgan fingerprint density at radius 1 is 1.44 bits per heavy atom. The molecule has 0 rings (SSSR count).